The molecule has 1 amide bonds. The molecule has 2 heterocycles. The summed E-state index contributed by atoms with van der Waals surface area (Å²) in [5.74, 6) is 0.805. The van der Waals surface area contributed by atoms with E-state index in [9.17, 15) is 13.2 Å². The zero-order chi connectivity index (χ0) is 17.0. The second-order valence-electron chi connectivity index (χ2n) is 5.32. The molecule has 1 aromatic heterocycles. The van der Waals surface area contributed by atoms with Crippen LogP contribution in [0.2, 0.25) is 0 Å². The second-order valence-corrected chi connectivity index (χ2v) is 7.10. The molecule has 0 saturated carbocycles. The number of piperazine rings is 1. The molecule has 23 heavy (non-hydrogen) atoms. The molecule has 1 fully saturated rings. The quantitative estimate of drug-likeness (QED) is 0.736. The number of amides is 1. The van der Waals surface area contributed by atoms with Gasteiger partial charge in [-0.25, -0.2) is 18.1 Å². The van der Waals surface area contributed by atoms with E-state index >= 15 is 0 Å². The lowest BCUT2D eigenvalue weighted by Gasteiger charge is -2.35. The Kier molecular flexibility index (Phi) is 5.37. The highest BCUT2D eigenvalue weighted by atomic mass is 32.2. The van der Waals surface area contributed by atoms with Crippen molar-refractivity contribution in [3.05, 3.63) is 12.3 Å². The minimum Gasteiger partial charge on any atom is -0.481 e. The van der Waals surface area contributed by atoms with Crippen molar-refractivity contribution in [2.24, 2.45) is 0 Å². The van der Waals surface area contributed by atoms with E-state index in [1.807, 2.05) is 4.90 Å². The first-order valence-electron chi connectivity index (χ1n) is 7.18. The van der Waals surface area contributed by atoms with Gasteiger partial charge in [0.2, 0.25) is 27.8 Å². The Bertz CT molecular complexity index is 658. The highest BCUT2D eigenvalue weighted by Gasteiger charge is 2.27. The van der Waals surface area contributed by atoms with Crippen molar-refractivity contribution in [3.63, 3.8) is 0 Å². The number of nitrogens with zero attached hydrogens (tertiary/aromatic N) is 4. The predicted molar refractivity (Wildman–Crippen MR) is 84.8 cm³/mol. The molecule has 1 aliphatic heterocycles. The molecule has 1 unspecified atom stereocenters. The standard InChI is InChI=1S/C13H21N5O4S/c1-10(16-23(3,20)21)12(19)17-6-8-18(9-7-17)13-14-5-4-11(15-13)22-2/h4-5,10,16H,6-9H2,1-3H3. The number of ether oxygens (including phenoxy) is 1. The molecule has 2 rings (SSSR count). The monoisotopic (exact) mass is 343 g/mol. The van der Waals surface area contributed by atoms with Gasteiger partial charge >= 0.3 is 0 Å². The van der Waals surface area contributed by atoms with Crippen LogP contribution in [0.3, 0.4) is 0 Å². The molecule has 0 aliphatic carbocycles. The third kappa shape index (κ3) is 4.76. The van der Waals surface area contributed by atoms with E-state index < -0.39 is 16.1 Å². The van der Waals surface area contributed by atoms with Crippen molar-refractivity contribution in [1.29, 1.82) is 0 Å². The Hall–Kier alpha value is -1.94. The SMILES string of the molecule is COc1ccnc(N2CCN(C(=O)C(C)NS(C)(=O)=O)CC2)n1. The Morgan fingerprint density at radius 3 is 2.57 bits per heavy atom. The number of carbonyl (C=O) groups is 1. The van der Waals surface area contributed by atoms with Crippen LogP contribution in [-0.2, 0) is 14.8 Å². The van der Waals surface area contributed by atoms with Crippen LogP contribution in [0.4, 0.5) is 5.95 Å². The summed E-state index contributed by atoms with van der Waals surface area (Å²) in [5, 5.41) is 0. The Labute approximate surface area is 135 Å². The first-order chi connectivity index (χ1) is 10.8. The van der Waals surface area contributed by atoms with Crippen LogP contribution in [0.15, 0.2) is 12.3 Å². The fourth-order valence-electron chi connectivity index (χ4n) is 2.37. The molecule has 10 heteroatoms. The van der Waals surface area contributed by atoms with Gasteiger partial charge in [0, 0.05) is 38.4 Å². The van der Waals surface area contributed by atoms with Crippen LogP contribution in [0, 0.1) is 0 Å². The number of rotatable bonds is 5. The molecule has 128 valence electrons. The summed E-state index contributed by atoms with van der Waals surface area (Å²) in [4.78, 5) is 24.3. The van der Waals surface area contributed by atoms with E-state index in [4.69, 9.17) is 4.74 Å². The van der Waals surface area contributed by atoms with Crippen LogP contribution >= 0.6 is 0 Å². The van der Waals surface area contributed by atoms with Gasteiger partial charge in [0.15, 0.2) is 0 Å². The predicted octanol–water partition coefficient (Wildman–Crippen LogP) is -0.928. The van der Waals surface area contributed by atoms with Gasteiger partial charge in [-0.1, -0.05) is 0 Å². The summed E-state index contributed by atoms with van der Waals surface area (Å²) in [5.41, 5.74) is 0. The Morgan fingerprint density at radius 2 is 2.00 bits per heavy atom. The van der Waals surface area contributed by atoms with Gasteiger partial charge in [-0.3, -0.25) is 4.79 Å². The molecule has 1 saturated heterocycles. The fourth-order valence-corrected chi connectivity index (χ4v) is 3.11. The number of carbonyl (C=O) groups excluding carboxylic acids is 1. The summed E-state index contributed by atoms with van der Waals surface area (Å²) in [6.45, 7) is 3.65. The topological polar surface area (TPSA) is 105 Å². The van der Waals surface area contributed by atoms with Crippen molar-refractivity contribution < 1.29 is 17.9 Å². The fraction of sp³-hybridized carbons (Fsp3) is 0.615. The summed E-state index contributed by atoms with van der Waals surface area (Å²) in [6, 6.07) is 0.895. The molecule has 1 atom stereocenters. The van der Waals surface area contributed by atoms with Crippen molar-refractivity contribution in [3.8, 4) is 5.88 Å². The number of anilines is 1. The van der Waals surface area contributed by atoms with Gasteiger partial charge < -0.3 is 14.5 Å². The van der Waals surface area contributed by atoms with E-state index in [1.54, 1.807) is 31.2 Å². The molecule has 1 aromatic rings. The Morgan fingerprint density at radius 1 is 1.35 bits per heavy atom. The number of hydrogen-bond acceptors (Lipinski definition) is 7. The maximum atomic E-state index is 12.2. The number of hydrogen-bond donors (Lipinski definition) is 1. The van der Waals surface area contributed by atoms with Gasteiger partial charge in [0.1, 0.15) is 0 Å². The summed E-state index contributed by atoms with van der Waals surface area (Å²) in [7, 11) is -1.87. The first-order valence-corrected chi connectivity index (χ1v) is 9.07. The largest absolute Gasteiger partial charge is 0.481 e. The Balaban J connectivity index is 1.94. The van der Waals surface area contributed by atoms with E-state index in [1.165, 1.54) is 0 Å². The molecule has 1 aliphatic rings. The van der Waals surface area contributed by atoms with Crippen molar-refractivity contribution in [2.45, 2.75) is 13.0 Å². The number of methoxy groups -OCH3 is 1. The maximum absolute atomic E-state index is 12.2. The highest BCUT2D eigenvalue weighted by molar-refractivity contribution is 7.88. The zero-order valence-corrected chi connectivity index (χ0v) is 14.2. The van der Waals surface area contributed by atoms with Crippen molar-refractivity contribution in [2.75, 3.05) is 44.4 Å². The smallest absolute Gasteiger partial charge is 0.240 e. The lowest BCUT2D eigenvalue weighted by molar-refractivity contribution is -0.132. The summed E-state index contributed by atoms with van der Waals surface area (Å²) in [6.07, 6.45) is 2.66. The van der Waals surface area contributed by atoms with E-state index in [2.05, 4.69) is 14.7 Å². The third-order valence-electron chi connectivity index (χ3n) is 3.46. The summed E-state index contributed by atoms with van der Waals surface area (Å²) >= 11 is 0. The van der Waals surface area contributed by atoms with Crippen molar-refractivity contribution in [1.82, 2.24) is 19.6 Å². The molecule has 1 N–H and O–H groups in total. The molecule has 0 aromatic carbocycles. The van der Waals surface area contributed by atoms with Gasteiger partial charge in [-0.15, -0.1) is 0 Å². The molecular formula is C13H21N5O4S. The molecule has 0 bridgehead atoms. The van der Waals surface area contributed by atoms with Crippen LogP contribution < -0.4 is 14.4 Å². The molecule has 9 nitrogen and oxygen atoms in total. The number of sulfonamides is 1. The second kappa shape index (κ2) is 7.09. The maximum Gasteiger partial charge on any atom is 0.240 e. The summed E-state index contributed by atoms with van der Waals surface area (Å²) < 4.78 is 29.8. The number of aromatic nitrogens is 2. The van der Waals surface area contributed by atoms with Crippen LogP contribution in [-0.4, -0.2) is 74.8 Å². The van der Waals surface area contributed by atoms with Crippen LogP contribution in [0.1, 0.15) is 6.92 Å². The average Bonchev–Trinajstić information content (AvgIpc) is 2.53. The van der Waals surface area contributed by atoms with Gasteiger partial charge in [-0.05, 0) is 6.92 Å². The van der Waals surface area contributed by atoms with Gasteiger partial charge in [0.25, 0.3) is 0 Å². The molecule has 0 spiro atoms. The minimum atomic E-state index is -3.41. The van der Waals surface area contributed by atoms with E-state index in [0.717, 1.165) is 6.26 Å². The lowest BCUT2D eigenvalue weighted by atomic mass is 10.2. The first kappa shape index (κ1) is 17.4. The minimum absolute atomic E-state index is 0.235. The third-order valence-corrected chi connectivity index (χ3v) is 4.24. The molecule has 0 radical (unpaired) electrons. The van der Waals surface area contributed by atoms with Crippen LogP contribution in [0.5, 0.6) is 5.88 Å². The van der Waals surface area contributed by atoms with Gasteiger partial charge in [-0.2, -0.15) is 4.98 Å². The average molecular weight is 343 g/mol. The molecular weight excluding hydrogens is 322 g/mol. The van der Waals surface area contributed by atoms with E-state index in [-0.39, 0.29) is 5.91 Å². The zero-order valence-electron chi connectivity index (χ0n) is 13.4. The van der Waals surface area contributed by atoms with Crippen LogP contribution in [0.25, 0.3) is 0 Å². The van der Waals surface area contributed by atoms with Crippen molar-refractivity contribution >= 4 is 21.9 Å². The van der Waals surface area contributed by atoms with Gasteiger partial charge in [0.05, 0.1) is 19.4 Å². The normalized spacial score (nSPS) is 17.0. The highest BCUT2D eigenvalue weighted by Crippen LogP contribution is 2.14. The lowest BCUT2D eigenvalue weighted by Crippen LogP contribution is -2.54. The number of nitrogens with one attached hydrogen (secondary N) is 1. The van der Waals surface area contributed by atoms with E-state index in [0.29, 0.717) is 38.0 Å².